The maximum absolute atomic E-state index is 13.6. The van der Waals surface area contributed by atoms with E-state index in [0.717, 1.165) is 23.7 Å². The summed E-state index contributed by atoms with van der Waals surface area (Å²) in [7, 11) is 0. The normalized spacial score (nSPS) is 12.4. The van der Waals surface area contributed by atoms with Crippen LogP contribution in [0.4, 0.5) is 8.78 Å². The number of aromatic nitrogens is 1. The number of pyridine rings is 1. The molecular formula is C15H16F2N2. The van der Waals surface area contributed by atoms with Crippen molar-refractivity contribution in [1.82, 2.24) is 4.98 Å². The Morgan fingerprint density at radius 3 is 2.58 bits per heavy atom. The summed E-state index contributed by atoms with van der Waals surface area (Å²) in [6.07, 6.45) is 3.14. The second-order valence-corrected chi connectivity index (χ2v) is 4.49. The predicted molar refractivity (Wildman–Crippen MR) is 70.6 cm³/mol. The summed E-state index contributed by atoms with van der Waals surface area (Å²) < 4.78 is 26.4. The molecule has 2 aromatic rings. The van der Waals surface area contributed by atoms with E-state index in [9.17, 15) is 8.78 Å². The maximum Gasteiger partial charge on any atom is 0.130 e. The fourth-order valence-electron chi connectivity index (χ4n) is 1.92. The fourth-order valence-corrected chi connectivity index (χ4v) is 1.92. The molecule has 1 aromatic carbocycles. The second kappa shape index (κ2) is 5.89. The summed E-state index contributed by atoms with van der Waals surface area (Å²) in [5.74, 6) is -1.21. The van der Waals surface area contributed by atoms with Gasteiger partial charge in [0.1, 0.15) is 11.6 Å². The van der Waals surface area contributed by atoms with Gasteiger partial charge in [0.05, 0.1) is 0 Å². The Balaban J connectivity index is 2.13. The predicted octanol–water partition coefficient (Wildman–Crippen LogP) is 3.16. The van der Waals surface area contributed by atoms with Crippen LogP contribution in [-0.4, -0.2) is 4.98 Å². The Labute approximate surface area is 111 Å². The third-order valence-corrected chi connectivity index (χ3v) is 3.09. The quantitative estimate of drug-likeness (QED) is 0.919. The van der Waals surface area contributed by atoms with Crippen LogP contribution in [0.5, 0.6) is 0 Å². The van der Waals surface area contributed by atoms with Crippen molar-refractivity contribution in [3.63, 3.8) is 0 Å². The van der Waals surface area contributed by atoms with Gasteiger partial charge in [-0.3, -0.25) is 4.98 Å². The van der Waals surface area contributed by atoms with E-state index >= 15 is 0 Å². The van der Waals surface area contributed by atoms with Crippen LogP contribution in [-0.2, 0) is 12.8 Å². The molecule has 2 N–H and O–H groups in total. The minimum atomic E-state index is -0.613. The summed E-state index contributed by atoms with van der Waals surface area (Å²) in [5, 5.41) is 0. The van der Waals surface area contributed by atoms with Gasteiger partial charge in [-0.15, -0.1) is 0 Å². The van der Waals surface area contributed by atoms with Crippen LogP contribution < -0.4 is 5.73 Å². The van der Waals surface area contributed by atoms with E-state index in [4.69, 9.17) is 5.73 Å². The first-order chi connectivity index (χ1) is 9.10. The van der Waals surface area contributed by atoms with Gasteiger partial charge in [0.2, 0.25) is 0 Å². The number of hydrogen-bond acceptors (Lipinski definition) is 2. The smallest absolute Gasteiger partial charge is 0.130 e. The van der Waals surface area contributed by atoms with Crippen molar-refractivity contribution in [2.45, 2.75) is 25.8 Å². The van der Waals surface area contributed by atoms with E-state index in [2.05, 4.69) is 11.9 Å². The summed E-state index contributed by atoms with van der Waals surface area (Å²) >= 11 is 0. The summed E-state index contributed by atoms with van der Waals surface area (Å²) in [4.78, 5) is 4.29. The van der Waals surface area contributed by atoms with Crippen LogP contribution >= 0.6 is 0 Å². The van der Waals surface area contributed by atoms with Crippen molar-refractivity contribution in [3.05, 3.63) is 65.0 Å². The van der Waals surface area contributed by atoms with Gasteiger partial charge in [-0.2, -0.15) is 0 Å². The number of nitrogens with zero attached hydrogens (tertiary/aromatic N) is 1. The van der Waals surface area contributed by atoms with Crippen LogP contribution in [0.15, 0.2) is 36.5 Å². The first kappa shape index (κ1) is 13.6. The average molecular weight is 262 g/mol. The third kappa shape index (κ3) is 3.35. The van der Waals surface area contributed by atoms with Crippen molar-refractivity contribution in [2.24, 2.45) is 5.73 Å². The van der Waals surface area contributed by atoms with Crippen LogP contribution in [0.25, 0.3) is 0 Å². The highest BCUT2D eigenvalue weighted by molar-refractivity contribution is 5.24. The maximum atomic E-state index is 13.6. The van der Waals surface area contributed by atoms with E-state index in [1.54, 1.807) is 6.20 Å². The molecule has 4 heteroatoms. The molecule has 0 aliphatic carbocycles. The molecule has 0 radical (unpaired) electrons. The first-order valence-electron chi connectivity index (χ1n) is 6.24. The zero-order valence-electron chi connectivity index (χ0n) is 10.7. The lowest BCUT2D eigenvalue weighted by Gasteiger charge is -2.12. The van der Waals surface area contributed by atoms with Gasteiger partial charge in [0, 0.05) is 36.0 Å². The lowest BCUT2D eigenvalue weighted by atomic mass is 10.0. The molecule has 100 valence electrons. The molecule has 1 unspecified atom stereocenters. The fraction of sp³-hybridized carbons (Fsp3) is 0.267. The molecule has 0 aliphatic rings. The summed E-state index contributed by atoms with van der Waals surface area (Å²) in [6, 6.07) is 6.79. The number of rotatable bonds is 4. The molecule has 0 spiro atoms. The van der Waals surface area contributed by atoms with Crippen LogP contribution in [0.2, 0.25) is 0 Å². The SMILES string of the molecule is CCc1ccc(CC(N)c2ccc(F)cc2F)nc1. The molecular weight excluding hydrogens is 246 g/mol. The lowest BCUT2D eigenvalue weighted by molar-refractivity contribution is 0.552. The molecule has 1 heterocycles. The van der Waals surface area contributed by atoms with Crippen LogP contribution in [0, 0.1) is 11.6 Å². The highest BCUT2D eigenvalue weighted by Crippen LogP contribution is 2.19. The monoisotopic (exact) mass is 262 g/mol. The summed E-state index contributed by atoms with van der Waals surface area (Å²) in [5.41, 5.74) is 8.20. The van der Waals surface area contributed by atoms with E-state index in [-0.39, 0.29) is 0 Å². The number of nitrogens with two attached hydrogens (primary N) is 1. The molecule has 0 aliphatic heterocycles. The minimum absolute atomic E-state index is 0.308. The molecule has 1 atom stereocenters. The molecule has 19 heavy (non-hydrogen) atoms. The second-order valence-electron chi connectivity index (χ2n) is 4.49. The van der Waals surface area contributed by atoms with Gasteiger partial charge in [-0.05, 0) is 24.1 Å². The Morgan fingerprint density at radius 2 is 2.00 bits per heavy atom. The van der Waals surface area contributed by atoms with E-state index < -0.39 is 17.7 Å². The Kier molecular flexibility index (Phi) is 4.22. The zero-order valence-corrected chi connectivity index (χ0v) is 10.7. The number of hydrogen-bond donors (Lipinski definition) is 1. The van der Waals surface area contributed by atoms with E-state index in [1.165, 1.54) is 12.1 Å². The molecule has 1 aromatic heterocycles. The largest absolute Gasteiger partial charge is 0.324 e. The topological polar surface area (TPSA) is 38.9 Å². The Morgan fingerprint density at radius 1 is 1.21 bits per heavy atom. The van der Waals surface area contributed by atoms with Gasteiger partial charge in [-0.25, -0.2) is 8.78 Å². The zero-order chi connectivity index (χ0) is 13.8. The number of aryl methyl sites for hydroxylation is 1. The van der Waals surface area contributed by atoms with Gasteiger partial charge in [-0.1, -0.05) is 19.1 Å². The average Bonchev–Trinajstić information content (AvgIpc) is 2.39. The minimum Gasteiger partial charge on any atom is -0.324 e. The van der Waals surface area contributed by atoms with Gasteiger partial charge in [0.15, 0.2) is 0 Å². The first-order valence-corrected chi connectivity index (χ1v) is 6.24. The van der Waals surface area contributed by atoms with Crippen molar-refractivity contribution in [3.8, 4) is 0 Å². The Bertz CT molecular complexity index is 553. The molecule has 0 saturated heterocycles. The molecule has 0 saturated carbocycles. The summed E-state index contributed by atoms with van der Waals surface area (Å²) in [6.45, 7) is 2.05. The van der Waals surface area contributed by atoms with Gasteiger partial charge >= 0.3 is 0 Å². The van der Waals surface area contributed by atoms with Crippen LogP contribution in [0.1, 0.15) is 29.8 Å². The van der Waals surface area contributed by atoms with E-state index in [1.807, 2.05) is 12.1 Å². The highest BCUT2D eigenvalue weighted by Gasteiger charge is 2.13. The third-order valence-electron chi connectivity index (χ3n) is 3.09. The van der Waals surface area contributed by atoms with Crippen LogP contribution in [0.3, 0.4) is 0 Å². The van der Waals surface area contributed by atoms with Gasteiger partial charge in [0.25, 0.3) is 0 Å². The Hall–Kier alpha value is -1.81. The number of halogens is 2. The molecule has 2 rings (SSSR count). The molecule has 0 amide bonds. The lowest BCUT2D eigenvalue weighted by Crippen LogP contribution is -2.16. The highest BCUT2D eigenvalue weighted by atomic mass is 19.1. The van der Waals surface area contributed by atoms with Crippen molar-refractivity contribution in [1.29, 1.82) is 0 Å². The molecule has 0 fully saturated rings. The molecule has 2 nitrogen and oxygen atoms in total. The van der Waals surface area contributed by atoms with Gasteiger partial charge < -0.3 is 5.73 Å². The standard InChI is InChI=1S/C15H16F2N2/c1-2-10-3-5-12(19-9-10)8-15(18)13-6-4-11(16)7-14(13)17/h3-7,9,15H,2,8,18H2,1H3. The van der Waals surface area contributed by atoms with Crippen molar-refractivity contribution >= 4 is 0 Å². The molecule has 0 bridgehead atoms. The van der Waals surface area contributed by atoms with Crippen molar-refractivity contribution in [2.75, 3.05) is 0 Å². The van der Waals surface area contributed by atoms with E-state index in [0.29, 0.717) is 12.0 Å². The van der Waals surface area contributed by atoms with Crippen molar-refractivity contribution < 1.29 is 8.78 Å². The number of benzene rings is 1.